The van der Waals surface area contributed by atoms with Crippen LogP contribution in [0.15, 0.2) is 199 Å². The van der Waals surface area contributed by atoms with Gasteiger partial charge in [0.1, 0.15) is 11.2 Å². The van der Waals surface area contributed by atoms with Gasteiger partial charge in [0.15, 0.2) is 0 Å². The highest BCUT2D eigenvalue weighted by Crippen LogP contribution is 2.51. The lowest BCUT2D eigenvalue weighted by atomic mass is 9.82. The van der Waals surface area contributed by atoms with Crippen molar-refractivity contribution >= 4 is 65.6 Å². The second kappa shape index (κ2) is 12.2. The summed E-state index contributed by atoms with van der Waals surface area (Å²) < 4.78 is 11.5. The average molecular weight is 767 g/mol. The van der Waals surface area contributed by atoms with Crippen molar-refractivity contribution in [1.29, 1.82) is 0 Å². The van der Waals surface area contributed by atoms with Crippen LogP contribution in [0.1, 0.15) is 25.0 Å². The number of benzene rings is 9. The number of para-hydroxylation sites is 3. The molecule has 3 aromatic heterocycles. The fourth-order valence-electron chi connectivity index (χ4n) is 10.6. The van der Waals surface area contributed by atoms with E-state index in [1.165, 1.54) is 88.2 Å². The Morgan fingerprint density at radius 1 is 0.350 bits per heavy atom. The molecule has 0 fully saturated rings. The minimum absolute atomic E-state index is 0.0879. The Morgan fingerprint density at radius 3 is 1.73 bits per heavy atom. The number of fused-ring (bicyclic) bond motifs is 12. The molecule has 3 nitrogen and oxygen atoms in total. The Bertz CT molecular complexity index is 3730. The van der Waals surface area contributed by atoms with Crippen LogP contribution >= 0.6 is 0 Å². The van der Waals surface area contributed by atoms with Crippen molar-refractivity contribution in [3.05, 3.63) is 205 Å². The molecule has 3 heteroatoms. The van der Waals surface area contributed by atoms with E-state index < -0.39 is 0 Å². The van der Waals surface area contributed by atoms with Gasteiger partial charge in [0.05, 0.1) is 22.1 Å². The van der Waals surface area contributed by atoms with Crippen molar-refractivity contribution in [2.45, 2.75) is 19.3 Å². The molecule has 12 aromatic rings. The first-order valence-electron chi connectivity index (χ1n) is 20.8. The van der Waals surface area contributed by atoms with Gasteiger partial charge in [0.25, 0.3) is 0 Å². The fraction of sp³-hybridized carbons (Fsp3) is 0.0526. The third kappa shape index (κ3) is 4.55. The zero-order valence-corrected chi connectivity index (χ0v) is 33.3. The Kier molecular flexibility index (Phi) is 6.78. The van der Waals surface area contributed by atoms with Crippen LogP contribution in [-0.4, -0.2) is 9.13 Å². The zero-order valence-electron chi connectivity index (χ0n) is 33.3. The number of furan rings is 1. The monoisotopic (exact) mass is 766 g/mol. The lowest BCUT2D eigenvalue weighted by Gasteiger charge is -2.21. The maximum atomic E-state index is 6.64. The topological polar surface area (TPSA) is 23.0 Å². The highest BCUT2D eigenvalue weighted by atomic mass is 16.3. The molecule has 0 N–H and O–H groups in total. The Hall–Kier alpha value is -7.62. The molecule has 3 heterocycles. The van der Waals surface area contributed by atoms with E-state index in [-0.39, 0.29) is 5.41 Å². The number of nitrogens with zero attached hydrogens (tertiary/aromatic N) is 2. The number of rotatable bonds is 4. The van der Waals surface area contributed by atoms with E-state index in [1.807, 2.05) is 0 Å². The van der Waals surface area contributed by atoms with Gasteiger partial charge in [0.2, 0.25) is 0 Å². The van der Waals surface area contributed by atoms with Crippen LogP contribution in [0, 0.1) is 0 Å². The van der Waals surface area contributed by atoms with Crippen molar-refractivity contribution in [3.8, 4) is 44.8 Å². The van der Waals surface area contributed by atoms with Gasteiger partial charge in [-0.25, -0.2) is 0 Å². The molecule has 0 saturated heterocycles. The third-order valence-electron chi connectivity index (χ3n) is 13.3. The van der Waals surface area contributed by atoms with Gasteiger partial charge in [-0.3, -0.25) is 0 Å². The predicted octanol–water partition coefficient (Wildman–Crippen LogP) is 15.4. The Balaban J connectivity index is 1.03. The van der Waals surface area contributed by atoms with E-state index in [0.29, 0.717) is 0 Å². The molecular weight excluding hydrogens is 729 g/mol. The van der Waals surface area contributed by atoms with E-state index in [2.05, 4.69) is 217 Å². The first-order valence-corrected chi connectivity index (χ1v) is 20.8. The number of hydrogen-bond acceptors (Lipinski definition) is 1. The van der Waals surface area contributed by atoms with Gasteiger partial charge in [-0.15, -0.1) is 0 Å². The largest absolute Gasteiger partial charge is 0.456 e. The predicted molar refractivity (Wildman–Crippen MR) is 251 cm³/mol. The summed E-state index contributed by atoms with van der Waals surface area (Å²) in [5.41, 5.74) is 19.0. The third-order valence-corrected chi connectivity index (χ3v) is 13.3. The highest BCUT2D eigenvalue weighted by molar-refractivity contribution is 6.21. The molecule has 0 radical (unpaired) electrons. The van der Waals surface area contributed by atoms with E-state index >= 15 is 0 Å². The summed E-state index contributed by atoms with van der Waals surface area (Å²) in [7, 11) is 0. The molecule has 9 aromatic carbocycles. The molecule has 282 valence electrons. The SMILES string of the molecule is CC1(C)c2ccccc2-c2cc3c4cc(-c5ccc6oc7cccc(-c8cccc9c8c8ccccc8n9-c8ccccc8)c7c6c5)ccc4n(-c4ccccc4)c3cc21. The van der Waals surface area contributed by atoms with Crippen molar-refractivity contribution in [1.82, 2.24) is 9.13 Å². The molecule has 0 bridgehead atoms. The van der Waals surface area contributed by atoms with Gasteiger partial charge in [-0.2, -0.15) is 0 Å². The molecule has 0 atom stereocenters. The molecular formula is C57H38N2O. The van der Waals surface area contributed by atoms with Crippen LogP contribution < -0.4 is 0 Å². The van der Waals surface area contributed by atoms with Crippen LogP contribution in [-0.2, 0) is 5.41 Å². The van der Waals surface area contributed by atoms with Crippen LogP contribution in [0.25, 0.3) is 110 Å². The molecule has 60 heavy (non-hydrogen) atoms. The highest BCUT2D eigenvalue weighted by Gasteiger charge is 2.36. The second-order valence-electron chi connectivity index (χ2n) is 16.9. The molecule has 13 rings (SSSR count). The maximum Gasteiger partial charge on any atom is 0.136 e. The maximum absolute atomic E-state index is 6.64. The zero-order chi connectivity index (χ0) is 39.7. The minimum atomic E-state index is -0.0879. The summed E-state index contributed by atoms with van der Waals surface area (Å²) in [6.45, 7) is 4.73. The fourth-order valence-corrected chi connectivity index (χ4v) is 10.6. The summed E-state index contributed by atoms with van der Waals surface area (Å²) in [4.78, 5) is 0. The van der Waals surface area contributed by atoms with Crippen molar-refractivity contribution < 1.29 is 4.42 Å². The van der Waals surface area contributed by atoms with Gasteiger partial charge in [-0.05, 0) is 123 Å². The second-order valence-corrected chi connectivity index (χ2v) is 16.9. The molecule has 0 unspecified atom stereocenters. The van der Waals surface area contributed by atoms with Gasteiger partial charge >= 0.3 is 0 Å². The van der Waals surface area contributed by atoms with Crippen molar-refractivity contribution in [3.63, 3.8) is 0 Å². The van der Waals surface area contributed by atoms with Crippen LogP contribution in [0.5, 0.6) is 0 Å². The van der Waals surface area contributed by atoms with Crippen LogP contribution in [0.2, 0.25) is 0 Å². The van der Waals surface area contributed by atoms with Crippen molar-refractivity contribution in [2.75, 3.05) is 0 Å². The molecule has 0 spiro atoms. The molecule has 0 aliphatic heterocycles. The quantitative estimate of drug-likeness (QED) is 0.175. The summed E-state index contributed by atoms with van der Waals surface area (Å²) >= 11 is 0. The summed E-state index contributed by atoms with van der Waals surface area (Å²) in [5.74, 6) is 0. The summed E-state index contributed by atoms with van der Waals surface area (Å²) in [5, 5.41) is 7.24. The number of aromatic nitrogens is 2. The lowest BCUT2D eigenvalue weighted by Crippen LogP contribution is -2.14. The molecule has 0 amide bonds. The van der Waals surface area contributed by atoms with E-state index in [9.17, 15) is 0 Å². The summed E-state index contributed by atoms with van der Waals surface area (Å²) in [6.07, 6.45) is 0. The van der Waals surface area contributed by atoms with Gasteiger partial charge in [-0.1, -0.05) is 129 Å². The molecule has 1 aliphatic carbocycles. The van der Waals surface area contributed by atoms with Crippen LogP contribution in [0.4, 0.5) is 0 Å². The normalized spacial score (nSPS) is 13.3. The number of hydrogen-bond donors (Lipinski definition) is 0. The van der Waals surface area contributed by atoms with E-state index in [1.54, 1.807) is 0 Å². The van der Waals surface area contributed by atoms with E-state index in [0.717, 1.165) is 33.2 Å². The molecule has 0 saturated carbocycles. The van der Waals surface area contributed by atoms with Gasteiger partial charge < -0.3 is 13.6 Å². The minimum Gasteiger partial charge on any atom is -0.456 e. The van der Waals surface area contributed by atoms with Crippen molar-refractivity contribution in [2.24, 2.45) is 0 Å². The first kappa shape index (κ1) is 33.4. The first-order chi connectivity index (χ1) is 29.5. The Morgan fingerprint density at radius 2 is 0.933 bits per heavy atom. The standard InChI is InChI=1S/C57H38N2O/c1-57(2)47-23-11-9-19-39(47)43-33-45-44-31-35(27-29-50(44)59(52(45)34-48(43)57)38-17-7-4-8-18-38)36-28-30-53-46(32-36)56-41(22-14-26-54(56)60-53)40-21-13-25-51-55(40)42-20-10-12-24-49(42)58(51)37-15-5-3-6-16-37/h3-34H,1-2H3. The van der Waals surface area contributed by atoms with Gasteiger partial charge in [0, 0.05) is 49.1 Å². The van der Waals surface area contributed by atoms with E-state index in [4.69, 9.17) is 4.42 Å². The smallest absolute Gasteiger partial charge is 0.136 e. The summed E-state index contributed by atoms with van der Waals surface area (Å²) in [6, 6.07) is 71.0. The lowest BCUT2D eigenvalue weighted by molar-refractivity contribution is 0.661. The van der Waals surface area contributed by atoms with Crippen LogP contribution in [0.3, 0.4) is 0 Å². The average Bonchev–Trinajstić information content (AvgIpc) is 4.01. The molecule has 1 aliphatic rings. The Labute approximate surface area is 347 Å².